The maximum absolute atomic E-state index is 12.7. The number of carboxylic acid groups (broad SMARTS) is 1. The van der Waals surface area contributed by atoms with Gasteiger partial charge in [-0.05, 0) is 69.4 Å². The third-order valence-corrected chi connectivity index (χ3v) is 7.05. The molecule has 3 N–H and O–H groups in total. The molecule has 2 aliphatic carbocycles. The number of aliphatic carboxylic acids is 1. The smallest absolute Gasteiger partial charge is 0.407 e. The Kier molecular flexibility index (Phi) is 8.21. The molecule has 1 atom stereocenters. The number of rotatable bonds is 8. The lowest BCUT2D eigenvalue weighted by atomic mass is 9.67. The van der Waals surface area contributed by atoms with Crippen LogP contribution in [0.2, 0.25) is 0 Å². The average Bonchev–Trinajstić information content (AvgIpc) is 3.28. The Morgan fingerprint density at radius 2 is 1.34 bits per heavy atom. The molecule has 1 aromatic rings. The highest BCUT2D eigenvalue weighted by Gasteiger charge is 2.51. The van der Waals surface area contributed by atoms with Crippen molar-refractivity contribution in [3.8, 4) is 0 Å². The number of nitrogens with one attached hydrogen (secondary N) is 2. The second kappa shape index (κ2) is 10.7. The maximum Gasteiger partial charge on any atom is 0.407 e. The van der Waals surface area contributed by atoms with E-state index in [9.17, 15) is 14.7 Å². The summed E-state index contributed by atoms with van der Waals surface area (Å²) < 4.78 is 5.27. The van der Waals surface area contributed by atoms with Gasteiger partial charge in [0.1, 0.15) is 11.1 Å². The molecule has 0 aromatic heterocycles. The van der Waals surface area contributed by atoms with E-state index in [2.05, 4.69) is 10.6 Å². The molecular weight excluding hydrogens is 404 g/mol. The number of ether oxygens (including phenoxy) is 1. The van der Waals surface area contributed by atoms with E-state index >= 15 is 0 Å². The van der Waals surface area contributed by atoms with Gasteiger partial charge in [0.25, 0.3) is 0 Å². The van der Waals surface area contributed by atoms with Gasteiger partial charge >= 0.3 is 12.1 Å². The summed E-state index contributed by atoms with van der Waals surface area (Å²) in [4.78, 5) is 24.6. The molecule has 6 nitrogen and oxygen atoms in total. The summed E-state index contributed by atoms with van der Waals surface area (Å²) in [6, 6.07) is 7.99. The van der Waals surface area contributed by atoms with Crippen LogP contribution in [0.15, 0.2) is 24.3 Å². The molecule has 0 saturated heterocycles. The highest BCUT2D eigenvalue weighted by Crippen LogP contribution is 2.44. The van der Waals surface area contributed by atoms with Crippen molar-refractivity contribution in [3.05, 3.63) is 35.4 Å². The topological polar surface area (TPSA) is 87.7 Å². The normalized spacial score (nSPS) is 20.0. The standard InChI is InChI=1S/C26H40N2O4/c1-25(2,3)32-24(31)27-17-19-13-15-20(16-14-19)18-28-26(23(29)30,22-11-7-8-12-22)21-9-5-4-6-10-21/h13-16,21-22,28H,4-12,17-18H2,1-3H3,(H,27,31)(H,29,30)/t26-/m1/s1. The largest absolute Gasteiger partial charge is 0.480 e. The second-order valence-electron chi connectivity index (χ2n) is 10.5. The molecule has 2 saturated carbocycles. The van der Waals surface area contributed by atoms with Gasteiger partial charge in [-0.15, -0.1) is 0 Å². The molecule has 0 aliphatic heterocycles. The van der Waals surface area contributed by atoms with Crippen LogP contribution >= 0.6 is 0 Å². The number of carboxylic acids is 1. The molecule has 0 heterocycles. The summed E-state index contributed by atoms with van der Waals surface area (Å²) in [5.41, 5.74) is 0.694. The minimum Gasteiger partial charge on any atom is -0.480 e. The number of alkyl carbamates (subject to hydrolysis) is 1. The van der Waals surface area contributed by atoms with Crippen LogP contribution in [0.25, 0.3) is 0 Å². The quantitative estimate of drug-likeness (QED) is 0.500. The van der Waals surface area contributed by atoms with E-state index in [1.807, 2.05) is 45.0 Å². The third kappa shape index (κ3) is 6.25. The highest BCUT2D eigenvalue weighted by atomic mass is 16.6. The van der Waals surface area contributed by atoms with Gasteiger partial charge in [-0.3, -0.25) is 10.1 Å². The van der Waals surface area contributed by atoms with Gasteiger partial charge in [0.2, 0.25) is 0 Å². The van der Waals surface area contributed by atoms with Gasteiger partial charge in [0.15, 0.2) is 0 Å². The lowest BCUT2D eigenvalue weighted by Gasteiger charge is -2.44. The summed E-state index contributed by atoms with van der Waals surface area (Å²) in [5.74, 6) is -0.260. The zero-order valence-electron chi connectivity index (χ0n) is 19.9. The van der Waals surface area contributed by atoms with Crippen LogP contribution in [0.5, 0.6) is 0 Å². The monoisotopic (exact) mass is 444 g/mol. The van der Waals surface area contributed by atoms with Crippen LogP contribution in [0.3, 0.4) is 0 Å². The molecule has 0 radical (unpaired) electrons. The van der Waals surface area contributed by atoms with E-state index in [0.29, 0.717) is 13.1 Å². The van der Waals surface area contributed by atoms with Gasteiger partial charge in [-0.2, -0.15) is 0 Å². The third-order valence-electron chi connectivity index (χ3n) is 7.05. The number of benzene rings is 1. The zero-order valence-corrected chi connectivity index (χ0v) is 19.9. The van der Waals surface area contributed by atoms with E-state index < -0.39 is 23.2 Å². The molecule has 3 rings (SSSR count). The van der Waals surface area contributed by atoms with Crippen molar-refractivity contribution in [2.24, 2.45) is 11.8 Å². The Balaban J connectivity index is 1.64. The fraction of sp³-hybridized carbons (Fsp3) is 0.692. The molecule has 178 valence electrons. The Labute approximate surface area is 192 Å². The van der Waals surface area contributed by atoms with Gasteiger partial charge in [-0.1, -0.05) is 56.4 Å². The molecular formula is C26H40N2O4. The van der Waals surface area contributed by atoms with E-state index in [-0.39, 0.29) is 11.8 Å². The van der Waals surface area contributed by atoms with Gasteiger partial charge in [0, 0.05) is 13.1 Å². The second-order valence-corrected chi connectivity index (χ2v) is 10.5. The fourth-order valence-corrected chi connectivity index (χ4v) is 5.50. The first-order chi connectivity index (χ1) is 15.2. The summed E-state index contributed by atoms with van der Waals surface area (Å²) in [5, 5.41) is 16.8. The zero-order chi connectivity index (χ0) is 23.2. The van der Waals surface area contributed by atoms with E-state index in [0.717, 1.165) is 62.5 Å². The average molecular weight is 445 g/mol. The Hall–Kier alpha value is -2.08. The molecule has 2 aliphatic rings. The molecule has 1 amide bonds. The first-order valence-corrected chi connectivity index (χ1v) is 12.2. The lowest BCUT2D eigenvalue weighted by Crippen LogP contribution is -2.61. The fourth-order valence-electron chi connectivity index (χ4n) is 5.50. The first-order valence-electron chi connectivity index (χ1n) is 12.2. The summed E-state index contributed by atoms with van der Waals surface area (Å²) in [7, 11) is 0. The van der Waals surface area contributed by atoms with Crippen molar-refractivity contribution in [2.45, 2.75) is 103 Å². The minimum atomic E-state index is -0.826. The molecule has 32 heavy (non-hydrogen) atoms. The van der Waals surface area contributed by atoms with E-state index in [1.165, 1.54) is 6.42 Å². The number of carbonyl (C=O) groups is 2. The highest BCUT2D eigenvalue weighted by molar-refractivity contribution is 5.80. The lowest BCUT2D eigenvalue weighted by molar-refractivity contribution is -0.152. The van der Waals surface area contributed by atoms with E-state index in [4.69, 9.17) is 4.74 Å². The van der Waals surface area contributed by atoms with Crippen molar-refractivity contribution in [1.82, 2.24) is 10.6 Å². The first kappa shape index (κ1) is 24.6. The Morgan fingerprint density at radius 1 is 0.875 bits per heavy atom. The summed E-state index contributed by atoms with van der Waals surface area (Å²) in [6.45, 7) is 6.45. The molecule has 6 heteroatoms. The van der Waals surface area contributed by atoms with Crippen LogP contribution in [0, 0.1) is 11.8 Å². The SMILES string of the molecule is CC(C)(C)OC(=O)NCc1ccc(CN[C@](C(=O)O)(C2CCCCC2)C2CCCC2)cc1. The predicted octanol–water partition coefficient (Wildman–Crippen LogP) is 5.39. The molecule has 0 spiro atoms. The number of hydrogen-bond acceptors (Lipinski definition) is 4. The van der Waals surface area contributed by atoms with Crippen molar-refractivity contribution >= 4 is 12.1 Å². The minimum absolute atomic E-state index is 0.203. The Morgan fingerprint density at radius 3 is 1.81 bits per heavy atom. The van der Waals surface area contributed by atoms with Crippen LogP contribution in [0.1, 0.15) is 89.7 Å². The predicted molar refractivity (Wildman–Crippen MR) is 125 cm³/mol. The van der Waals surface area contributed by atoms with E-state index in [1.54, 1.807) is 0 Å². The van der Waals surface area contributed by atoms with Crippen molar-refractivity contribution in [2.75, 3.05) is 0 Å². The number of hydrogen-bond donors (Lipinski definition) is 3. The van der Waals surface area contributed by atoms with Gasteiger partial charge in [0.05, 0.1) is 0 Å². The molecule has 1 aromatic carbocycles. The molecule has 0 bridgehead atoms. The maximum atomic E-state index is 12.7. The van der Waals surface area contributed by atoms with Crippen LogP contribution < -0.4 is 10.6 Å². The van der Waals surface area contributed by atoms with Gasteiger partial charge < -0.3 is 15.2 Å². The Bertz CT molecular complexity index is 759. The van der Waals surface area contributed by atoms with Crippen LogP contribution in [-0.4, -0.2) is 28.3 Å². The van der Waals surface area contributed by atoms with Gasteiger partial charge in [-0.25, -0.2) is 4.79 Å². The number of amides is 1. The summed E-state index contributed by atoms with van der Waals surface area (Å²) >= 11 is 0. The van der Waals surface area contributed by atoms with Crippen molar-refractivity contribution in [3.63, 3.8) is 0 Å². The van der Waals surface area contributed by atoms with Crippen molar-refractivity contribution < 1.29 is 19.4 Å². The molecule has 2 fully saturated rings. The summed E-state index contributed by atoms with van der Waals surface area (Å²) in [6.07, 6.45) is 9.34. The van der Waals surface area contributed by atoms with Crippen molar-refractivity contribution in [1.29, 1.82) is 0 Å². The van der Waals surface area contributed by atoms with Crippen LogP contribution in [0.4, 0.5) is 4.79 Å². The number of carbonyl (C=O) groups excluding carboxylic acids is 1. The molecule has 0 unspecified atom stereocenters. The van der Waals surface area contributed by atoms with Crippen LogP contribution in [-0.2, 0) is 22.6 Å².